The molecule has 0 bridgehead atoms. The highest BCUT2D eigenvalue weighted by Gasteiger charge is 2.54. The number of nitrogens with zero attached hydrogens (tertiary/aromatic N) is 2. The van der Waals surface area contributed by atoms with Crippen LogP contribution in [0.2, 0.25) is 0 Å². The molecule has 0 aromatic rings. The number of hydrogen-bond acceptors (Lipinski definition) is 5. The Hall–Kier alpha value is -1.34. The lowest BCUT2D eigenvalue weighted by atomic mass is 9.61. The first-order valence-electron chi connectivity index (χ1n) is 7.19. The molecule has 0 radical (unpaired) electrons. The molecule has 1 fully saturated rings. The molecule has 21 heavy (non-hydrogen) atoms. The maximum absolute atomic E-state index is 13.0. The molecule has 3 N–H and O–H groups in total. The number of carbonyl (C=O) groups excluding carboxylic acids is 1. The van der Waals surface area contributed by atoms with Gasteiger partial charge in [-0.05, 0) is 25.7 Å². The van der Waals surface area contributed by atoms with E-state index in [9.17, 15) is 4.79 Å². The van der Waals surface area contributed by atoms with Gasteiger partial charge in [0.1, 0.15) is 5.41 Å². The summed E-state index contributed by atoms with van der Waals surface area (Å²) in [6.07, 6.45) is 1.20. The van der Waals surface area contributed by atoms with Gasteiger partial charge in [0, 0.05) is 20.8 Å². The molecular formula is C14H27N3O4. The van der Waals surface area contributed by atoms with E-state index in [0.717, 1.165) is 0 Å². The van der Waals surface area contributed by atoms with Crippen LogP contribution in [0.25, 0.3) is 0 Å². The van der Waals surface area contributed by atoms with Crippen LogP contribution in [0.3, 0.4) is 0 Å². The molecule has 1 amide bonds. The Morgan fingerprint density at radius 3 is 2.52 bits per heavy atom. The van der Waals surface area contributed by atoms with Gasteiger partial charge in [-0.1, -0.05) is 12.1 Å². The Morgan fingerprint density at radius 1 is 1.48 bits per heavy atom. The SMILES string of the molecule is COCCN(C(=O)C1(C(N)=NO)CC(C)C1)C(C)COC. The first kappa shape index (κ1) is 17.7. The number of amides is 1. The van der Waals surface area contributed by atoms with E-state index in [2.05, 4.69) is 5.16 Å². The normalized spacial score (nSPS) is 27.0. The molecule has 0 heterocycles. The van der Waals surface area contributed by atoms with Gasteiger partial charge in [-0.15, -0.1) is 0 Å². The third kappa shape index (κ3) is 3.65. The minimum Gasteiger partial charge on any atom is -0.409 e. The summed E-state index contributed by atoms with van der Waals surface area (Å²) in [6.45, 7) is 5.28. The number of hydrogen-bond donors (Lipinski definition) is 2. The highest BCUT2D eigenvalue weighted by Crippen LogP contribution is 2.47. The van der Waals surface area contributed by atoms with Gasteiger partial charge in [-0.2, -0.15) is 0 Å². The summed E-state index contributed by atoms with van der Waals surface area (Å²) < 4.78 is 10.2. The van der Waals surface area contributed by atoms with E-state index in [-0.39, 0.29) is 17.8 Å². The lowest BCUT2D eigenvalue weighted by Crippen LogP contribution is -2.60. The third-order valence-electron chi connectivity index (χ3n) is 4.14. The molecule has 1 rings (SSSR count). The predicted octanol–water partition coefficient (Wildman–Crippen LogP) is 0.659. The number of amidine groups is 1. The molecule has 0 spiro atoms. The fourth-order valence-electron chi connectivity index (χ4n) is 3.04. The van der Waals surface area contributed by atoms with Gasteiger partial charge in [0.05, 0.1) is 19.3 Å². The lowest BCUT2D eigenvalue weighted by Gasteiger charge is -2.47. The van der Waals surface area contributed by atoms with Gasteiger partial charge in [-0.25, -0.2) is 0 Å². The fourth-order valence-corrected chi connectivity index (χ4v) is 3.04. The molecule has 0 saturated heterocycles. The topological polar surface area (TPSA) is 97.4 Å². The molecule has 1 saturated carbocycles. The first-order chi connectivity index (χ1) is 9.92. The second-order valence-corrected chi connectivity index (χ2v) is 5.88. The molecule has 0 aromatic carbocycles. The molecule has 1 aliphatic carbocycles. The second-order valence-electron chi connectivity index (χ2n) is 5.88. The average Bonchev–Trinajstić information content (AvgIpc) is 2.43. The number of ether oxygens (including phenoxy) is 2. The maximum atomic E-state index is 13.0. The Balaban J connectivity index is 2.96. The smallest absolute Gasteiger partial charge is 0.236 e. The van der Waals surface area contributed by atoms with Crippen molar-refractivity contribution in [1.82, 2.24) is 4.90 Å². The highest BCUT2D eigenvalue weighted by molar-refractivity contribution is 6.07. The minimum atomic E-state index is -0.885. The molecule has 122 valence electrons. The van der Waals surface area contributed by atoms with E-state index in [0.29, 0.717) is 38.5 Å². The number of carbonyl (C=O) groups is 1. The summed E-state index contributed by atoms with van der Waals surface area (Å²) in [5.41, 5.74) is 4.92. The van der Waals surface area contributed by atoms with Crippen LogP contribution in [0.4, 0.5) is 0 Å². The van der Waals surface area contributed by atoms with Crippen LogP contribution >= 0.6 is 0 Å². The van der Waals surface area contributed by atoms with Gasteiger partial charge >= 0.3 is 0 Å². The van der Waals surface area contributed by atoms with E-state index in [1.165, 1.54) is 0 Å². The first-order valence-corrected chi connectivity index (χ1v) is 7.19. The fraction of sp³-hybridized carbons (Fsp3) is 0.857. The van der Waals surface area contributed by atoms with E-state index >= 15 is 0 Å². The Labute approximate surface area is 126 Å². The number of nitrogens with two attached hydrogens (primary N) is 1. The van der Waals surface area contributed by atoms with Crippen molar-refractivity contribution in [2.24, 2.45) is 22.2 Å². The zero-order valence-corrected chi connectivity index (χ0v) is 13.3. The molecule has 7 nitrogen and oxygen atoms in total. The van der Waals surface area contributed by atoms with Crippen LogP contribution in [0.1, 0.15) is 26.7 Å². The zero-order chi connectivity index (χ0) is 16.0. The van der Waals surface area contributed by atoms with E-state index in [4.69, 9.17) is 20.4 Å². The van der Waals surface area contributed by atoms with Crippen molar-refractivity contribution in [3.63, 3.8) is 0 Å². The van der Waals surface area contributed by atoms with Crippen LogP contribution in [0.15, 0.2) is 5.16 Å². The molecule has 7 heteroatoms. The summed E-state index contributed by atoms with van der Waals surface area (Å²) in [7, 11) is 3.19. The summed E-state index contributed by atoms with van der Waals surface area (Å²) in [6, 6.07) is -0.100. The molecular weight excluding hydrogens is 274 g/mol. The van der Waals surface area contributed by atoms with Gasteiger partial charge in [-0.3, -0.25) is 4.79 Å². The lowest BCUT2D eigenvalue weighted by molar-refractivity contribution is -0.148. The largest absolute Gasteiger partial charge is 0.409 e. The zero-order valence-electron chi connectivity index (χ0n) is 13.3. The maximum Gasteiger partial charge on any atom is 0.236 e. The van der Waals surface area contributed by atoms with Crippen LogP contribution < -0.4 is 5.73 Å². The molecule has 1 unspecified atom stereocenters. The highest BCUT2D eigenvalue weighted by atomic mass is 16.5. The van der Waals surface area contributed by atoms with Gasteiger partial charge < -0.3 is 25.3 Å². The van der Waals surface area contributed by atoms with E-state index in [1.54, 1.807) is 19.1 Å². The van der Waals surface area contributed by atoms with Crippen LogP contribution in [0.5, 0.6) is 0 Å². The van der Waals surface area contributed by atoms with Crippen molar-refractivity contribution in [3.05, 3.63) is 0 Å². The van der Waals surface area contributed by atoms with E-state index < -0.39 is 5.41 Å². The summed E-state index contributed by atoms with van der Waals surface area (Å²) in [5, 5.41) is 12.1. The number of methoxy groups -OCH3 is 2. The van der Waals surface area contributed by atoms with Crippen LogP contribution in [-0.4, -0.2) is 61.9 Å². The monoisotopic (exact) mass is 301 g/mol. The molecule has 1 atom stereocenters. The Morgan fingerprint density at radius 2 is 2.10 bits per heavy atom. The van der Waals surface area contributed by atoms with Crippen molar-refractivity contribution in [2.45, 2.75) is 32.7 Å². The summed E-state index contributed by atoms with van der Waals surface area (Å²) >= 11 is 0. The molecule has 0 aromatic heterocycles. The van der Waals surface area contributed by atoms with Crippen LogP contribution in [0, 0.1) is 11.3 Å². The van der Waals surface area contributed by atoms with Crippen molar-refractivity contribution in [1.29, 1.82) is 0 Å². The molecule has 0 aliphatic heterocycles. The number of rotatable bonds is 8. The van der Waals surface area contributed by atoms with Crippen LogP contribution in [-0.2, 0) is 14.3 Å². The predicted molar refractivity (Wildman–Crippen MR) is 79.2 cm³/mol. The van der Waals surface area contributed by atoms with E-state index in [1.807, 2.05) is 13.8 Å². The minimum absolute atomic E-state index is 0.00219. The third-order valence-corrected chi connectivity index (χ3v) is 4.14. The van der Waals surface area contributed by atoms with Crippen molar-refractivity contribution in [2.75, 3.05) is 34.0 Å². The van der Waals surface area contributed by atoms with Gasteiger partial charge in [0.15, 0.2) is 5.84 Å². The summed E-state index contributed by atoms with van der Waals surface area (Å²) in [4.78, 5) is 14.7. The van der Waals surface area contributed by atoms with Crippen molar-refractivity contribution >= 4 is 11.7 Å². The standard InChI is InChI=1S/C14H27N3O4/c1-10-7-14(8-10,12(15)16-19)13(18)17(5-6-20-3)11(2)9-21-4/h10-11,19H,5-9H2,1-4H3,(H2,15,16). The van der Waals surface area contributed by atoms with Crippen molar-refractivity contribution < 1.29 is 19.5 Å². The second kappa shape index (κ2) is 7.61. The average molecular weight is 301 g/mol. The molecule has 1 aliphatic rings. The quantitative estimate of drug-likeness (QED) is 0.297. The Kier molecular flexibility index (Phi) is 6.42. The van der Waals surface area contributed by atoms with Gasteiger partial charge in [0.2, 0.25) is 5.91 Å². The Bertz CT molecular complexity index is 380. The number of oxime groups is 1. The summed E-state index contributed by atoms with van der Waals surface area (Å²) in [5.74, 6) is 0.270. The van der Waals surface area contributed by atoms with Gasteiger partial charge in [0.25, 0.3) is 0 Å². The van der Waals surface area contributed by atoms with Crippen molar-refractivity contribution in [3.8, 4) is 0 Å².